The zero-order valence-corrected chi connectivity index (χ0v) is 10.2. The molecule has 0 bridgehead atoms. The molecule has 0 aromatic heterocycles. The first kappa shape index (κ1) is 12.6. The van der Waals surface area contributed by atoms with Gasteiger partial charge in [0.1, 0.15) is 0 Å². The van der Waals surface area contributed by atoms with Gasteiger partial charge in [0, 0.05) is 11.3 Å². The molecule has 0 amide bonds. The third-order valence-corrected chi connectivity index (χ3v) is 2.73. The Hall–Kier alpha value is -1.90. The standard InChI is InChI=1S/C15H15F2N/c1-12-6-5-9-14(10-12)18-11-15(16,17)13-7-3-2-4-8-13/h2-10,18H,11H2,1H3. The number of hydrogen-bond acceptors (Lipinski definition) is 1. The topological polar surface area (TPSA) is 12.0 Å². The number of aryl methyl sites for hydroxylation is 1. The van der Waals surface area contributed by atoms with E-state index < -0.39 is 12.5 Å². The molecule has 0 spiro atoms. The van der Waals surface area contributed by atoms with Crippen molar-refractivity contribution in [3.05, 3.63) is 65.7 Å². The van der Waals surface area contributed by atoms with Gasteiger partial charge in [-0.1, -0.05) is 42.5 Å². The highest BCUT2D eigenvalue weighted by atomic mass is 19.3. The molecule has 94 valence electrons. The molecule has 0 aliphatic rings. The maximum atomic E-state index is 13.9. The Labute approximate surface area is 105 Å². The van der Waals surface area contributed by atoms with Crippen LogP contribution in [0.2, 0.25) is 0 Å². The minimum absolute atomic E-state index is 0.0325. The zero-order valence-electron chi connectivity index (χ0n) is 10.2. The average Bonchev–Trinajstić information content (AvgIpc) is 2.38. The smallest absolute Gasteiger partial charge is 0.290 e. The molecule has 0 aliphatic carbocycles. The number of alkyl halides is 2. The number of hydrogen-bond donors (Lipinski definition) is 1. The van der Waals surface area contributed by atoms with Crippen LogP contribution in [0.4, 0.5) is 14.5 Å². The van der Waals surface area contributed by atoms with Crippen LogP contribution in [0, 0.1) is 6.92 Å². The summed E-state index contributed by atoms with van der Waals surface area (Å²) >= 11 is 0. The van der Waals surface area contributed by atoms with Crippen molar-refractivity contribution in [1.82, 2.24) is 0 Å². The van der Waals surface area contributed by atoms with Crippen molar-refractivity contribution in [2.24, 2.45) is 0 Å². The van der Waals surface area contributed by atoms with Gasteiger partial charge in [0.05, 0.1) is 6.54 Å². The molecule has 0 aliphatic heterocycles. The van der Waals surface area contributed by atoms with Crippen molar-refractivity contribution in [3.63, 3.8) is 0 Å². The van der Waals surface area contributed by atoms with Gasteiger partial charge in [0.25, 0.3) is 5.92 Å². The van der Waals surface area contributed by atoms with Crippen molar-refractivity contribution in [3.8, 4) is 0 Å². The molecule has 0 radical (unpaired) electrons. The lowest BCUT2D eigenvalue weighted by Crippen LogP contribution is -2.24. The van der Waals surface area contributed by atoms with Gasteiger partial charge in [0.2, 0.25) is 0 Å². The van der Waals surface area contributed by atoms with Crippen molar-refractivity contribution in [2.45, 2.75) is 12.8 Å². The van der Waals surface area contributed by atoms with E-state index in [0.29, 0.717) is 5.69 Å². The van der Waals surface area contributed by atoms with Crippen molar-refractivity contribution < 1.29 is 8.78 Å². The van der Waals surface area contributed by atoms with Gasteiger partial charge < -0.3 is 5.32 Å². The van der Waals surface area contributed by atoms with Crippen LogP contribution in [-0.4, -0.2) is 6.54 Å². The van der Waals surface area contributed by atoms with Crippen LogP contribution in [0.15, 0.2) is 54.6 Å². The number of halogens is 2. The largest absolute Gasteiger partial charge is 0.379 e. The van der Waals surface area contributed by atoms with Gasteiger partial charge in [-0.25, -0.2) is 0 Å². The normalized spacial score (nSPS) is 11.3. The van der Waals surface area contributed by atoms with Gasteiger partial charge in [-0.3, -0.25) is 0 Å². The lowest BCUT2D eigenvalue weighted by Gasteiger charge is -2.18. The molecule has 0 saturated carbocycles. The van der Waals surface area contributed by atoms with Gasteiger partial charge >= 0.3 is 0 Å². The lowest BCUT2D eigenvalue weighted by atomic mass is 10.1. The maximum Gasteiger partial charge on any atom is 0.290 e. The van der Waals surface area contributed by atoms with Gasteiger partial charge in [-0.05, 0) is 24.6 Å². The van der Waals surface area contributed by atoms with E-state index in [2.05, 4.69) is 5.32 Å². The van der Waals surface area contributed by atoms with Crippen LogP contribution in [0.1, 0.15) is 11.1 Å². The van der Waals surface area contributed by atoms with Crippen LogP contribution >= 0.6 is 0 Å². The Balaban J connectivity index is 2.05. The summed E-state index contributed by atoms with van der Waals surface area (Å²) in [6.45, 7) is 1.53. The second-order valence-electron chi connectivity index (χ2n) is 4.29. The SMILES string of the molecule is Cc1cccc(NCC(F)(F)c2ccccc2)c1. The summed E-state index contributed by atoms with van der Waals surface area (Å²) in [6.07, 6.45) is 0. The second-order valence-corrected chi connectivity index (χ2v) is 4.29. The van der Waals surface area contributed by atoms with Crippen molar-refractivity contribution in [2.75, 3.05) is 11.9 Å². The average molecular weight is 247 g/mol. The quantitative estimate of drug-likeness (QED) is 0.853. The Morgan fingerprint density at radius 2 is 1.72 bits per heavy atom. The maximum absolute atomic E-state index is 13.9. The summed E-state index contributed by atoms with van der Waals surface area (Å²) in [6, 6.07) is 15.3. The minimum Gasteiger partial charge on any atom is -0.379 e. The Kier molecular flexibility index (Phi) is 3.60. The predicted octanol–water partition coefficient (Wildman–Crippen LogP) is 4.20. The third-order valence-electron chi connectivity index (χ3n) is 2.73. The summed E-state index contributed by atoms with van der Waals surface area (Å²) in [5.74, 6) is -2.87. The molecule has 2 aromatic rings. The van der Waals surface area contributed by atoms with E-state index in [1.807, 2.05) is 25.1 Å². The van der Waals surface area contributed by atoms with Crippen molar-refractivity contribution >= 4 is 5.69 Å². The molecule has 0 heterocycles. The summed E-state index contributed by atoms with van der Waals surface area (Å²) in [7, 11) is 0. The fourth-order valence-corrected chi connectivity index (χ4v) is 1.75. The van der Waals surface area contributed by atoms with E-state index in [4.69, 9.17) is 0 Å². The molecule has 2 rings (SSSR count). The van der Waals surface area contributed by atoms with Crippen LogP contribution in [0.25, 0.3) is 0 Å². The van der Waals surface area contributed by atoms with Gasteiger partial charge in [0.15, 0.2) is 0 Å². The van der Waals surface area contributed by atoms with E-state index in [9.17, 15) is 8.78 Å². The third kappa shape index (κ3) is 3.06. The van der Waals surface area contributed by atoms with Crippen LogP contribution in [0.5, 0.6) is 0 Å². The molecule has 1 N–H and O–H groups in total. The summed E-state index contributed by atoms with van der Waals surface area (Å²) in [5.41, 5.74) is 1.79. The number of anilines is 1. The molecule has 0 fully saturated rings. The number of rotatable bonds is 4. The summed E-state index contributed by atoms with van der Waals surface area (Å²) < 4.78 is 27.8. The van der Waals surface area contributed by atoms with Crippen LogP contribution in [0.3, 0.4) is 0 Å². The Bertz CT molecular complexity index is 509. The predicted molar refractivity (Wildman–Crippen MR) is 70.0 cm³/mol. The fraction of sp³-hybridized carbons (Fsp3) is 0.200. The molecule has 2 aromatic carbocycles. The summed E-state index contributed by atoms with van der Waals surface area (Å²) in [4.78, 5) is 0. The zero-order chi connectivity index (χ0) is 13.0. The molecule has 1 nitrogen and oxygen atoms in total. The molecule has 0 unspecified atom stereocenters. The number of nitrogens with one attached hydrogen (secondary N) is 1. The Morgan fingerprint density at radius 3 is 2.39 bits per heavy atom. The minimum atomic E-state index is -2.87. The molecule has 0 saturated heterocycles. The monoisotopic (exact) mass is 247 g/mol. The van der Waals surface area contributed by atoms with E-state index in [1.165, 1.54) is 12.1 Å². The van der Waals surface area contributed by atoms with E-state index in [-0.39, 0.29) is 5.56 Å². The first-order valence-corrected chi connectivity index (χ1v) is 5.82. The first-order chi connectivity index (χ1) is 8.58. The van der Waals surface area contributed by atoms with Gasteiger partial charge in [-0.2, -0.15) is 8.78 Å². The number of benzene rings is 2. The lowest BCUT2D eigenvalue weighted by molar-refractivity contribution is 0.0106. The van der Waals surface area contributed by atoms with Gasteiger partial charge in [-0.15, -0.1) is 0 Å². The fourth-order valence-electron chi connectivity index (χ4n) is 1.75. The Morgan fingerprint density at radius 1 is 1.00 bits per heavy atom. The molecule has 3 heteroatoms. The molecule has 18 heavy (non-hydrogen) atoms. The van der Waals surface area contributed by atoms with E-state index in [1.54, 1.807) is 24.3 Å². The van der Waals surface area contributed by atoms with Crippen LogP contribution < -0.4 is 5.32 Å². The summed E-state index contributed by atoms with van der Waals surface area (Å²) in [5, 5.41) is 2.77. The first-order valence-electron chi connectivity index (χ1n) is 5.82. The van der Waals surface area contributed by atoms with Crippen molar-refractivity contribution in [1.29, 1.82) is 0 Å². The molecule has 0 atom stereocenters. The highest BCUT2D eigenvalue weighted by molar-refractivity contribution is 5.45. The van der Waals surface area contributed by atoms with E-state index >= 15 is 0 Å². The highest BCUT2D eigenvalue weighted by Gasteiger charge is 2.30. The van der Waals surface area contributed by atoms with E-state index in [0.717, 1.165) is 5.56 Å². The second kappa shape index (κ2) is 5.17. The molecular weight excluding hydrogens is 232 g/mol. The van der Waals surface area contributed by atoms with Crippen LogP contribution in [-0.2, 0) is 5.92 Å². The highest BCUT2D eigenvalue weighted by Crippen LogP contribution is 2.28. The molecular formula is C15H15F2N.